The number of amides is 2. The smallest absolute Gasteiger partial charge is 0.411 e. The molecule has 0 bridgehead atoms. The summed E-state index contributed by atoms with van der Waals surface area (Å²) in [5.74, 6) is -0.622. The van der Waals surface area contributed by atoms with Crippen molar-refractivity contribution in [1.29, 1.82) is 0 Å². The maximum atomic E-state index is 13.4. The van der Waals surface area contributed by atoms with Crippen molar-refractivity contribution >= 4 is 40.9 Å². The minimum atomic E-state index is -0.701. The van der Waals surface area contributed by atoms with Crippen LogP contribution in [0.4, 0.5) is 19.7 Å². The molecule has 0 spiro atoms. The van der Waals surface area contributed by atoms with Crippen LogP contribution in [0.3, 0.4) is 0 Å². The maximum absolute atomic E-state index is 13.4. The number of nitrogens with zero attached hydrogens (tertiary/aromatic N) is 1. The van der Waals surface area contributed by atoms with Crippen LogP contribution in [0, 0.1) is 5.82 Å². The number of alkyl carbamates (subject to hydrolysis) is 1. The lowest BCUT2D eigenvalue weighted by Gasteiger charge is -2.29. The number of nitrogens with one attached hydrogen (secondary N) is 2. The highest BCUT2D eigenvalue weighted by atomic mass is 32.1. The molecule has 2 atom stereocenters. The molecule has 2 aliphatic rings. The van der Waals surface area contributed by atoms with Crippen LogP contribution in [0.1, 0.15) is 87.9 Å². The Kier molecular flexibility index (Phi) is 9.97. The van der Waals surface area contributed by atoms with E-state index in [1.807, 2.05) is 29.2 Å². The van der Waals surface area contributed by atoms with Crippen LogP contribution >= 0.6 is 12.2 Å². The van der Waals surface area contributed by atoms with Gasteiger partial charge >= 0.3 is 12.2 Å². The lowest BCUT2D eigenvalue weighted by atomic mass is 9.85. The summed E-state index contributed by atoms with van der Waals surface area (Å²) < 4.78 is 24.8. The first kappa shape index (κ1) is 35.0. The van der Waals surface area contributed by atoms with Gasteiger partial charge in [0.05, 0.1) is 29.5 Å². The van der Waals surface area contributed by atoms with Crippen molar-refractivity contribution in [3.63, 3.8) is 0 Å². The Morgan fingerprint density at radius 2 is 1.69 bits per heavy atom. The van der Waals surface area contributed by atoms with Gasteiger partial charge in [-0.3, -0.25) is 9.69 Å². The summed E-state index contributed by atoms with van der Waals surface area (Å²) in [5.41, 5.74) is 3.13. The molecule has 0 unspecified atom stereocenters. The number of cyclic esters (lactones) is 1. The third-order valence-corrected chi connectivity index (χ3v) is 8.92. The van der Waals surface area contributed by atoms with Crippen LogP contribution in [0.2, 0.25) is 0 Å². The number of anilines is 1. The number of hydrogen-bond acceptors (Lipinski definition) is 6. The van der Waals surface area contributed by atoms with E-state index in [0.29, 0.717) is 29.2 Å². The second-order valence-electron chi connectivity index (χ2n) is 14.7. The van der Waals surface area contributed by atoms with Gasteiger partial charge in [-0.1, -0.05) is 69.4 Å². The molecule has 1 aliphatic carbocycles. The number of halogens is 1. The van der Waals surface area contributed by atoms with E-state index in [1.165, 1.54) is 29.8 Å². The van der Waals surface area contributed by atoms with Crippen molar-refractivity contribution in [1.82, 2.24) is 10.2 Å². The van der Waals surface area contributed by atoms with Crippen molar-refractivity contribution < 1.29 is 28.2 Å². The fourth-order valence-corrected chi connectivity index (χ4v) is 6.20. The number of carbonyl (C=O) groups excluding carboxylic acids is 3. The van der Waals surface area contributed by atoms with Crippen molar-refractivity contribution in [2.75, 3.05) is 11.9 Å². The molecule has 3 aromatic rings. The Labute approximate surface area is 287 Å². The Morgan fingerprint density at radius 3 is 2.29 bits per heavy atom. The van der Waals surface area contributed by atoms with E-state index in [1.54, 1.807) is 20.8 Å². The van der Waals surface area contributed by atoms with Crippen LogP contribution in [0.5, 0.6) is 0 Å². The molecule has 0 aromatic heterocycles. The number of benzene rings is 3. The minimum absolute atomic E-state index is 0.0177. The molecule has 0 radical (unpaired) electrons. The zero-order chi connectivity index (χ0) is 34.9. The van der Waals surface area contributed by atoms with E-state index in [4.69, 9.17) is 21.7 Å². The first-order valence-corrected chi connectivity index (χ1v) is 16.7. The molecule has 2 amide bonds. The molecule has 1 heterocycles. The van der Waals surface area contributed by atoms with E-state index in [9.17, 15) is 18.8 Å². The van der Waals surface area contributed by atoms with Gasteiger partial charge in [0, 0.05) is 11.3 Å². The Bertz CT molecular complexity index is 1670. The van der Waals surface area contributed by atoms with Gasteiger partial charge < -0.3 is 20.1 Å². The number of rotatable bonds is 10. The minimum Gasteiger partial charge on any atom is -0.444 e. The highest BCUT2D eigenvalue weighted by Gasteiger charge is 2.56. The van der Waals surface area contributed by atoms with Gasteiger partial charge in [0.25, 0.3) is 0 Å². The summed E-state index contributed by atoms with van der Waals surface area (Å²) in [4.78, 5) is 41.1. The fourth-order valence-electron chi connectivity index (χ4n) is 5.95. The lowest BCUT2D eigenvalue weighted by molar-refractivity contribution is 0.0436. The van der Waals surface area contributed by atoms with Crippen molar-refractivity contribution in [2.24, 2.45) is 0 Å². The summed E-state index contributed by atoms with van der Waals surface area (Å²) >= 11 is 5.40. The van der Waals surface area contributed by atoms with Gasteiger partial charge in [-0.05, 0) is 98.5 Å². The number of carbonyl (C=O) groups is 3. The van der Waals surface area contributed by atoms with E-state index in [0.717, 1.165) is 24.0 Å². The molecule has 10 heteroatoms. The standard InChI is InChI=1S/C38H44FN3O5S/c1-36(2,3)26-8-7-9-27(21-26)38(18-19-38)42-23-32(46-35(42)45)30(41-34(44)47-37(4,5)6)20-24-10-16-29(17-11-24)40-33(48)22-31(43)25-12-14-28(39)15-13-25/h7-17,21,30,32H,18-20,22-23H2,1-6H3,(H,40,48)(H,41,44)/t30-,32+/m0/s1. The Hall–Kier alpha value is -4.31. The summed E-state index contributed by atoms with van der Waals surface area (Å²) in [5, 5.41) is 6.05. The summed E-state index contributed by atoms with van der Waals surface area (Å²) in [7, 11) is 0. The SMILES string of the molecule is CC(C)(C)OC(=O)N[C@@H](Cc1ccc(NC(=S)CC(=O)c2ccc(F)cc2)cc1)[C@H]1CN(C2(c3cccc(C(C)(C)C)c3)CC2)C(=O)O1. The van der Waals surface area contributed by atoms with Crippen LogP contribution in [0.25, 0.3) is 0 Å². The molecule has 5 rings (SSSR count). The number of hydrogen-bond donors (Lipinski definition) is 2. The molecule has 2 N–H and O–H groups in total. The summed E-state index contributed by atoms with van der Waals surface area (Å²) in [6.45, 7) is 12.2. The van der Waals surface area contributed by atoms with Gasteiger partial charge in [0.2, 0.25) is 0 Å². The highest BCUT2D eigenvalue weighted by molar-refractivity contribution is 7.80. The molecule has 254 valence electrons. The quantitative estimate of drug-likeness (QED) is 0.166. The Morgan fingerprint density at radius 1 is 1.02 bits per heavy atom. The highest BCUT2D eigenvalue weighted by Crippen LogP contribution is 2.53. The maximum Gasteiger partial charge on any atom is 0.411 e. The topological polar surface area (TPSA) is 97.0 Å². The van der Waals surface area contributed by atoms with Crippen LogP contribution in [-0.2, 0) is 26.8 Å². The van der Waals surface area contributed by atoms with Gasteiger partial charge in [-0.2, -0.15) is 0 Å². The molecular formula is C38H44FN3O5S. The van der Waals surface area contributed by atoms with Crippen LogP contribution in [0.15, 0.2) is 72.8 Å². The molecule has 3 aromatic carbocycles. The third kappa shape index (κ3) is 8.58. The summed E-state index contributed by atoms with van der Waals surface area (Å²) in [6.07, 6.45) is 0.475. The Balaban J connectivity index is 1.28. The van der Waals surface area contributed by atoms with Crippen molar-refractivity contribution in [3.05, 3.63) is 101 Å². The van der Waals surface area contributed by atoms with Crippen molar-refractivity contribution in [3.8, 4) is 0 Å². The van der Waals surface area contributed by atoms with Crippen LogP contribution in [-0.4, -0.2) is 52.1 Å². The predicted octanol–water partition coefficient (Wildman–Crippen LogP) is 8.08. The first-order valence-electron chi connectivity index (χ1n) is 16.3. The molecular weight excluding hydrogens is 629 g/mol. The van der Waals surface area contributed by atoms with E-state index >= 15 is 0 Å². The fraction of sp³-hybridized carbons (Fsp3) is 0.421. The lowest BCUT2D eigenvalue weighted by Crippen LogP contribution is -2.48. The zero-order valence-electron chi connectivity index (χ0n) is 28.4. The van der Waals surface area contributed by atoms with E-state index in [2.05, 4.69) is 55.7 Å². The van der Waals surface area contributed by atoms with Gasteiger partial charge in [-0.15, -0.1) is 0 Å². The summed E-state index contributed by atoms with van der Waals surface area (Å²) in [6, 6.07) is 20.7. The average Bonchev–Trinajstić information content (AvgIpc) is 3.71. The second kappa shape index (κ2) is 13.7. The van der Waals surface area contributed by atoms with Gasteiger partial charge in [0.15, 0.2) is 5.78 Å². The van der Waals surface area contributed by atoms with Crippen molar-refractivity contribution in [2.45, 2.75) is 95.9 Å². The van der Waals surface area contributed by atoms with Gasteiger partial charge in [-0.25, -0.2) is 14.0 Å². The number of Topliss-reactive ketones (excluding diaryl/α,β-unsaturated/α-hetero) is 1. The number of thiocarbonyl (C=S) groups is 1. The number of ketones is 1. The van der Waals surface area contributed by atoms with E-state index < -0.39 is 41.3 Å². The number of ether oxygens (including phenoxy) is 2. The van der Waals surface area contributed by atoms with E-state index in [-0.39, 0.29) is 17.6 Å². The third-order valence-electron chi connectivity index (χ3n) is 8.67. The monoisotopic (exact) mass is 673 g/mol. The second-order valence-corrected chi connectivity index (χ2v) is 15.2. The average molecular weight is 674 g/mol. The zero-order valence-corrected chi connectivity index (χ0v) is 29.2. The molecule has 48 heavy (non-hydrogen) atoms. The van der Waals surface area contributed by atoms with Crippen LogP contribution < -0.4 is 10.6 Å². The normalized spacial score (nSPS) is 17.7. The molecule has 1 saturated heterocycles. The molecule has 1 saturated carbocycles. The molecule has 1 aliphatic heterocycles. The molecule has 2 fully saturated rings. The van der Waals surface area contributed by atoms with Gasteiger partial charge in [0.1, 0.15) is 17.5 Å². The molecule has 8 nitrogen and oxygen atoms in total. The first-order chi connectivity index (χ1) is 22.5. The largest absolute Gasteiger partial charge is 0.444 e. The predicted molar refractivity (Wildman–Crippen MR) is 188 cm³/mol.